The number of hydrogen-bond acceptors (Lipinski definition) is 3. The average Bonchev–Trinajstić information content (AvgIpc) is 2.62. The zero-order chi connectivity index (χ0) is 14.5. The molecule has 0 radical (unpaired) electrons. The Hall–Kier alpha value is -1.74. The van der Waals surface area contributed by atoms with Crippen molar-refractivity contribution in [3.8, 4) is 0 Å². The summed E-state index contributed by atoms with van der Waals surface area (Å²) in [5.41, 5.74) is 2.96. The number of hydrogen-bond donors (Lipinski definition) is 0. The summed E-state index contributed by atoms with van der Waals surface area (Å²) in [5, 5.41) is 0. The molecule has 2 heterocycles. The van der Waals surface area contributed by atoms with E-state index in [0.717, 1.165) is 25.2 Å². The molecule has 3 rings (SSSR count). The summed E-state index contributed by atoms with van der Waals surface area (Å²) in [6, 6.07) is 1.88. The van der Waals surface area contributed by atoms with Gasteiger partial charge >= 0.3 is 0 Å². The van der Waals surface area contributed by atoms with Crippen molar-refractivity contribution in [2.24, 2.45) is 0 Å². The van der Waals surface area contributed by atoms with Crippen LogP contribution < -0.4 is 0 Å². The second-order valence-electron chi connectivity index (χ2n) is 5.94. The number of likely N-dealkylation sites (N-methyl/N-ethyl adjacent to an activating group) is 1. The number of aromatic nitrogens is 2. The van der Waals surface area contributed by atoms with E-state index in [0.29, 0.717) is 5.92 Å². The van der Waals surface area contributed by atoms with Gasteiger partial charge in [-0.15, -0.1) is 0 Å². The van der Waals surface area contributed by atoms with Gasteiger partial charge in [-0.05, 0) is 56.5 Å². The number of allylic oxidation sites excluding steroid dienone is 4. The summed E-state index contributed by atoms with van der Waals surface area (Å²) in [4.78, 5) is 11.3. The van der Waals surface area contributed by atoms with Gasteiger partial charge in [-0.3, -0.25) is 0 Å². The molecular formula is C18H23N3. The van der Waals surface area contributed by atoms with Crippen LogP contribution in [0.1, 0.15) is 37.4 Å². The summed E-state index contributed by atoms with van der Waals surface area (Å²) in [5.74, 6) is 1.25. The fraction of sp³-hybridized carbons (Fsp3) is 0.444. The topological polar surface area (TPSA) is 29.0 Å². The van der Waals surface area contributed by atoms with Crippen molar-refractivity contribution in [3.63, 3.8) is 0 Å². The molecule has 0 fully saturated rings. The quantitative estimate of drug-likeness (QED) is 0.789. The van der Waals surface area contributed by atoms with Crippen molar-refractivity contribution < 1.29 is 0 Å². The molecule has 1 unspecified atom stereocenters. The van der Waals surface area contributed by atoms with E-state index in [1.165, 1.54) is 30.5 Å². The van der Waals surface area contributed by atoms with Gasteiger partial charge in [-0.1, -0.05) is 24.3 Å². The summed E-state index contributed by atoms with van der Waals surface area (Å²) in [7, 11) is 2.21. The normalized spacial score (nSPS) is 25.5. The number of nitrogens with zero attached hydrogens (tertiary/aromatic N) is 3. The third kappa shape index (κ3) is 3.67. The van der Waals surface area contributed by atoms with Crippen LogP contribution in [0.4, 0.5) is 0 Å². The predicted molar refractivity (Wildman–Crippen MR) is 86.0 cm³/mol. The van der Waals surface area contributed by atoms with Crippen molar-refractivity contribution >= 4 is 0 Å². The van der Waals surface area contributed by atoms with Gasteiger partial charge in [0.2, 0.25) is 0 Å². The molecule has 110 valence electrons. The smallest absolute Gasteiger partial charge is 0.135 e. The van der Waals surface area contributed by atoms with Gasteiger partial charge in [0, 0.05) is 24.9 Å². The van der Waals surface area contributed by atoms with Crippen molar-refractivity contribution in [2.45, 2.75) is 31.6 Å². The van der Waals surface area contributed by atoms with Gasteiger partial charge in [0.05, 0.1) is 0 Å². The van der Waals surface area contributed by atoms with Crippen molar-refractivity contribution in [3.05, 3.63) is 59.7 Å². The van der Waals surface area contributed by atoms with E-state index in [4.69, 9.17) is 0 Å². The Morgan fingerprint density at radius 3 is 2.86 bits per heavy atom. The molecule has 1 aliphatic heterocycles. The largest absolute Gasteiger partial charge is 0.302 e. The van der Waals surface area contributed by atoms with Crippen LogP contribution in [0.15, 0.2) is 53.9 Å². The highest BCUT2D eigenvalue weighted by atomic mass is 15.1. The first-order valence-corrected chi connectivity index (χ1v) is 7.85. The molecule has 0 bridgehead atoms. The Kier molecular flexibility index (Phi) is 4.61. The van der Waals surface area contributed by atoms with E-state index in [1.54, 1.807) is 0 Å². The molecule has 0 aromatic carbocycles. The summed E-state index contributed by atoms with van der Waals surface area (Å²) in [6.07, 6.45) is 17.5. The summed E-state index contributed by atoms with van der Waals surface area (Å²) >= 11 is 0. The molecule has 0 saturated heterocycles. The minimum Gasteiger partial charge on any atom is -0.302 e. The summed E-state index contributed by atoms with van der Waals surface area (Å²) < 4.78 is 0. The van der Waals surface area contributed by atoms with Crippen LogP contribution in [0.3, 0.4) is 0 Å². The minimum absolute atomic E-state index is 0.316. The van der Waals surface area contributed by atoms with Gasteiger partial charge < -0.3 is 4.90 Å². The molecule has 1 aromatic rings. The molecule has 1 aromatic heterocycles. The van der Waals surface area contributed by atoms with Gasteiger partial charge in [0.25, 0.3) is 0 Å². The molecule has 0 spiro atoms. The Morgan fingerprint density at radius 1 is 1.14 bits per heavy atom. The Labute approximate surface area is 127 Å². The summed E-state index contributed by atoms with van der Waals surface area (Å²) in [6.45, 7) is 2.22. The van der Waals surface area contributed by atoms with Crippen LogP contribution in [0.2, 0.25) is 0 Å². The van der Waals surface area contributed by atoms with E-state index in [-0.39, 0.29) is 0 Å². The standard InChI is InChI=1S/C18H23N3/c1-21-13-4-8-15-6-2-3-7-16(9-10-17(15)14-21)18-19-11-5-12-20-18/h2,5-6,9-12,16H,3-4,7-8,13-14H2,1H3/b6-2?,10-9-. The lowest BCUT2D eigenvalue weighted by molar-refractivity contribution is 0.368. The van der Waals surface area contributed by atoms with Gasteiger partial charge in [-0.25, -0.2) is 9.97 Å². The first kappa shape index (κ1) is 14.2. The minimum atomic E-state index is 0.316. The fourth-order valence-electron chi connectivity index (χ4n) is 3.07. The zero-order valence-electron chi connectivity index (χ0n) is 12.7. The first-order chi connectivity index (χ1) is 10.3. The molecular weight excluding hydrogens is 258 g/mol. The van der Waals surface area contributed by atoms with Gasteiger partial charge in [0.1, 0.15) is 5.82 Å². The molecule has 0 amide bonds. The lowest BCUT2D eigenvalue weighted by Gasteiger charge is -2.14. The molecule has 0 N–H and O–H groups in total. The second kappa shape index (κ2) is 6.81. The van der Waals surface area contributed by atoms with Crippen molar-refractivity contribution in [2.75, 3.05) is 20.1 Å². The SMILES string of the molecule is CN1CCCC2=C(/C=C\C(c3ncccn3)CCC=C2)C1. The van der Waals surface area contributed by atoms with Gasteiger partial charge in [-0.2, -0.15) is 0 Å². The highest BCUT2D eigenvalue weighted by Crippen LogP contribution is 2.26. The maximum atomic E-state index is 4.43. The highest BCUT2D eigenvalue weighted by molar-refractivity contribution is 5.36. The van der Waals surface area contributed by atoms with Crippen LogP contribution in [-0.4, -0.2) is 35.0 Å². The zero-order valence-corrected chi connectivity index (χ0v) is 12.7. The van der Waals surface area contributed by atoms with E-state index < -0.39 is 0 Å². The van der Waals surface area contributed by atoms with Crippen LogP contribution in [0, 0.1) is 0 Å². The van der Waals surface area contributed by atoms with Gasteiger partial charge in [0.15, 0.2) is 0 Å². The Bertz CT molecular complexity index is 557. The van der Waals surface area contributed by atoms with Crippen molar-refractivity contribution in [1.82, 2.24) is 14.9 Å². The van der Waals surface area contributed by atoms with E-state index in [9.17, 15) is 0 Å². The van der Waals surface area contributed by atoms with E-state index in [2.05, 4.69) is 46.2 Å². The molecule has 1 atom stereocenters. The lowest BCUT2D eigenvalue weighted by atomic mass is 10.0. The monoisotopic (exact) mass is 281 g/mol. The highest BCUT2D eigenvalue weighted by Gasteiger charge is 2.15. The van der Waals surface area contributed by atoms with Crippen LogP contribution in [0.25, 0.3) is 0 Å². The third-order valence-corrected chi connectivity index (χ3v) is 4.25. The average molecular weight is 281 g/mol. The lowest BCUT2D eigenvalue weighted by Crippen LogP contribution is -2.20. The molecule has 21 heavy (non-hydrogen) atoms. The Balaban J connectivity index is 1.89. The molecule has 2 aliphatic rings. The Morgan fingerprint density at radius 2 is 2.00 bits per heavy atom. The maximum Gasteiger partial charge on any atom is 0.135 e. The molecule has 3 heteroatoms. The molecule has 3 nitrogen and oxygen atoms in total. The van der Waals surface area contributed by atoms with Crippen LogP contribution in [-0.2, 0) is 0 Å². The van der Waals surface area contributed by atoms with E-state index in [1.807, 2.05) is 18.5 Å². The van der Waals surface area contributed by atoms with E-state index >= 15 is 0 Å². The predicted octanol–water partition coefficient (Wildman–Crippen LogP) is 3.49. The van der Waals surface area contributed by atoms with Crippen LogP contribution in [0.5, 0.6) is 0 Å². The second-order valence-corrected chi connectivity index (χ2v) is 5.94. The maximum absolute atomic E-state index is 4.43. The van der Waals surface area contributed by atoms with Crippen LogP contribution >= 0.6 is 0 Å². The number of rotatable bonds is 1. The third-order valence-electron chi connectivity index (χ3n) is 4.25. The first-order valence-electron chi connectivity index (χ1n) is 7.85. The van der Waals surface area contributed by atoms with Crippen molar-refractivity contribution in [1.29, 1.82) is 0 Å². The fourth-order valence-corrected chi connectivity index (χ4v) is 3.07. The molecule has 0 saturated carbocycles. The molecule has 1 aliphatic carbocycles.